The van der Waals surface area contributed by atoms with Crippen molar-refractivity contribution in [3.63, 3.8) is 0 Å². The highest BCUT2D eigenvalue weighted by Gasteiger charge is 2.19. The number of rotatable bonds is 7. The Morgan fingerprint density at radius 3 is 2.30 bits per heavy atom. The maximum absolute atomic E-state index is 14.6. The van der Waals surface area contributed by atoms with Crippen LogP contribution in [0.4, 0.5) is 8.78 Å². The highest BCUT2D eigenvalue weighted by molar-refractivity contribution is 5.76. The molecule has 4 aromatic rings. The van der Waals surface area contributed by atoms with E-state index in [2.05, 4.69) is 9.97 Å². The van der Waals surface area contributed by atoms with E-state index >= 15 is 0 Å². The largest absolute Gasteiger partial charge is 0.505 e. The van der Waals surface area contributed by atoms with Crippen LogP contribution in [-0.4, -0.2) is 21.7 Å². The highest BCUT2D eigenvalue weighted by atomic mass is 19.1. The summed E-state index contributed by atoms with van der Waals surface area (Å²) in [5.74, 6) is -0.916. The number of fused-ring (bicyclic) bond motifs is 2. The molecule has 0 bridgehead atoms. The van der Waals surface area contributed by atoms with Crippen molar-refractivity contribution < 1.29 is 27.5 Å². The van der Waals surface area contributed by atoms with E-state index in [9.17, 15) is 13.9 Å². The Balaban J connectivity index is 1.38. The predicted octanol–water partition coefficient (Wildman–Crippen LogP) is 6.04. The number of aromatic hydroxyl groups is 1. The fraction of sp³-hybridized carbons (Fsp3) is 0.364. The summed E-state index contributed by atoms with van der Waals surface area (Å²) in [4.78, 5) is 8.55. The van der Waals surface area contributed by atoms with Gasteiger partial charge in [0.2, 0.25) is 11.6 Å². The van der Waals surface area contributed by atoms with Crippen LogP contribution in [0.25, 0.3) is 22.2 Å². The summed E-state index contributed by atoms with van der Waals surface area (Å²) < 4.78 is 45.1. The predicted molar refractivity (Wildman–Crippen MR) is 107 cm³/mol. The summed E-state index contributed by atoms with van der Waals surface area (Å²) in [5, 5.41) is 9.44. The van der Waals surface area contributed by atoms with Crippen LogP contribution in [0.3, 0.4) is 0 Å². The quantitative estimate of drug-likeness (QED) is 0.370. The molecule has 1 unspecified atom stereocenters. The molecule has 6 nitrogen and oxygen atoms in total. The number of phenolic OH excluding ortho intramolecular Hbond substituents is 1. The van der Waals surface area contributed by atoms with Gasteiger partial charge in [-0.05, 0) is 37.1 Å². The lowest BCUT2D eigenvalue weighted by Gasteiger charge is -2.09. The number of aromatic nitrogens is 2. The molecule has 30 heavy (non-hydrogen) atoms. The Morgan fingerprint density at radius 1 is 0.933 bits per heavy atom. The fourth-order valence-electron chi connectivity index (χ4n) is 3.19. The van der Waals surface area contributed by atoms with Gasteiger partial charge in [-0.25, -0.2) is 9.97 Å². The van der Waals surface area contributed by atoms with Gasteiger partial charge in [0, 0.05) is 11.8 Å². The van der Waals surface area contributed by atoms with Crippen LogP contribution >= 0.6 is 0 Å². The van der Waals surface area contributed by atoms with Crippen LogP contribution in [0.15, 0.2) is 33.1 Å². The molecule has 2 aromatic carbocycles. The minimum atomic E-state index is -0.819. The minimum absolute atomic E-state index is 0.0590. The molecule has 2 heterocycles. The Kier molecular flexibility index (Phi) is 5.32. The second-order valence-corrected chi connectivity index (χ2v) is 7.62. The van der Waals surface area contributed by atoms with Crippen molar-refractivity contribution in [1.29, 1.82) is 0 Å². The fourth-order valence-corrected chi connectivity index (χ4v) is 3.19. The lowest BCUT2D eigenvalue weighted by atomic mass is 10.1. The number of hydrogen-bond acceptors (Lipinski definition) is 6. The highest BCUT2D eigenvalue weighted by Crippen LogP contribution is 2.31. The van der Waals surface area contributed by atoms with Crippen molar-refractivity contribution in [2.24, 2.45) is 0 Å². The van der Waals surface area contributed by atoms with Gasteiger partial charge in [0.25, 0.3) is 0 Å². The van der Waals surface area contributed by atoms with E-state index in [1.165, 1.54) is 12.1 Å². The monoisotopic (exact) mass is 416 g/mol. The second-order valence-electron chi connectivity index (χ2n) is 7.62. The van der Waals surface area contributed by atoms with E-state index in [1.807, 2.05) is 20.8 Å². The number of benzene rings is 2. The maximum Gasteiger partial charge on any atom is 0.209 e. The summed E-state index contributed by atoms with van der Waals surface area (Å²) in [6, 6.07) is 5.97. The van der Waals surface area contributed by atoms with Crippen LogP contribution in [0.1, 0.15) is 57.2 Å². The van der Waals surface area contributed by atoms with Crippen molar-refractivity contribution in [3.05, 3.63) is 47.7 Å². The van der Waals surface area contributed by atoms with Gasteiger partial charge in [-0.2, -0.15) is 8.78 Å². The molecule has 2 aromatic heterocycles. The van der Waals surface area contributed by atoms with Gasteiger partial charge in [0.15, 0.2) is 34.4 Å². The van der Waals surface area contributed by atoms with Crippen molar-refractivity contribution >= 4 is 22.2 Å². The van der Waals surface area contributed by atoms with Crippen molar-refractivity contribution in [3.8, 4) is 11.5 Å². The van der Waals surface area contributed by atoms with E-state index in [1.54, 1.807) is 12.1 Å². The first-order valence-corrected chi connectivity index (χ1v) is 9.84. The third kappa shape index (κ3) is 3.69. The Morgan fingerprint density at radius 2 is 1.57 bits per heavy atom. The van der Waals surface area contributed by atoms with Crippen LogP contribution in [0.2, 0.25) is 0 Å². The minimum Gasteiger partial charge on any atom is -0.505 e. The van der Waals surface area contributed by atoms with Gasteiger partial charge in [0.1, 0.15) is 11.0 Å². The molecular weight excluding hydrogens is 394 g/mol. The molecule has 1 N–H and O–H groups in total. The summed E-state index contributed by atoms with van der Waals surface area (Å²) in [6.07, 6.45) is 1.25. The average Bonchev–Trinajstić information content (AvgIpc) is 3.35. The summed E-state index contributed by atoms with van der Waals surface area (Å²) in [5.41, 5.74) is 0.857. The molecule has 0 amide bonds. The number of hydrogen-bond donors (Lipinski definition) is 1. The van der Waals surface area contributed by atoms with E-state index in [-0.39, 0.29) is 35.4 Å². The van der Waals surface area contributed by atoms with Gasteiger partial charge in [-0.15, -0.1) is 0 Å². The number of halogens is 2. The molecule has 8 heteroatoms. The van der Waals surface area contributed by atoms with Gasteiger partial charge < -0.3 is 18.7 Å². The number of ether oxygens (including phenoxy) is 1. The van der Waals surface area contributed by atoms with Gasteiger partial charge in [-0.3, -0.25) is 0 Å². The molecule has 1 atom stereocenters. The average molecular weight is 416 g/mol. The SMILES string of the molecule is CC(C)c1nc2ccc(OCCCC(C)c3nc4ccc(O)c(F)c4o3)c(F)c2o1. The van der Waals surface area contributed by atoms with Gasteiger partial charge in [-0.1, -0.05) is 20.8 Å². The second kappa shape index (κ2) is 7.93. The zero-order chi connectivity index (χ0) is 21.4. The topological polar surface area (TPSA) is 81.5 Å². The first-order valence-electron chi connectivity index (χ1n) is 9.84. The first-order chi connectivity index (χ1) is 14.3. The van der Waals surface area contributed by atoms with Crippen LogP contribution in [0.5, 0.6) is 11.5 Å². The molecule has 0 aliphatic carbocycles. The van der Waals surface area contributed by atoms with Crippen LogP contribution in [0, 0.1) is 11.6 Å². The molecule has 0 aliphatic rings. The van der Waals surface area contributed by atoms with E-state index in [0.717, 1.165) is 0 Å². The maximum atomic E-state index is 14.6. The number of phenols is 1. The third-order valence-corrected chi connectivity index (χ3v) is 4.93. The summed E-state index contributed by atoms with van der Waals surface area (Å²) >= 11 is 0. The van der Waals surface area contributed by atoms with E-state index < -0.39 is 17.4 Å². The smallest absolute Gasteiger partial charge is 0.209 e. The molecule has 0 radical (unpaired) electrons. The third-order valence-electron chi connectivity index (χ3n) is 4.93. The first kappa shape index (κ1) is 20.1. The normalized spacial score (nSPS) is 12.9. The Hall–Kier alpha value is -3.16. The zero-order valence-corrected chi connectivity index (χ0v) is 16.9. The molecule has 0 saturated carbocycles. The number of nitrogens with zero attached hydrogens (tertiary/aromatic N) is 2. The van der Waals surface area contributed by atoms with Crippen molar-refractivity contribution in [2.75, 3.05) is 6.61 Å². The molecule has 0 aliphatic heterocycles. The molecule has 158 valence electrons. The summed E-state index contributed by atoms with van der Waals surface area (Å²) in [7, 11) is 0. The molecule has 4 rings (SSSR count). The van der Waals surface area contributed by atoms with Gasteiger partial charge >= 0.3 is 0 Å². The van der Waals surface area contributed by atoms with Crippen molar-refractivity contribution in [2.45, 2.75) is 45.4 Å². The summed E-state index contributed by atoms with van der Waals surface area (Å²) in [6.45, 7) is 6.04. The Labute approximate surface area is 171 Å². The standard InChI is InChI=1S/C22H22F2N2O4/c1-11(2)21-25-14-7-9-16(18(24)20(14)29-21)28-10-4-5-12(3)22-26-13-6-8-15(27)17(23)19(13)30-22/h6-9,11-12,27H,4-5,10H2,1-3H3. The number of oxazole rings is 2. The lowest BCUT2D eigenvalue weighted by Crippen LogP contribution is -2.02. The molecule has 0 spiro atoms. The molecular formula is C22H22F2N2O4. The Bertz CT molecular complexity index is 1200. The lowest BCUT2D eigenvalue weighted by molar-refractivity contribution is 0.285. The van der Waals surface area contributed by atoms with Crippen LogP contribution < -0.4 is 4.74 Å². The van der Waals surface area contributed by atoms with Crippen LogP contribution in [-0.2, 0) is 0 Å². The van der Waals surface area contributed by atoms with Crippen molar-refractivity contribution in [1.82, 2.24) is 9.97 Å². The van der Waals surface area contributed by atoms with E-state index in [0.29, 0.717) is 35.7 Å². The molecule has 0 saturated heterocycles. The molecule has 0 fully saturated rings. The van der Waals surface area contributed by atoms with E-state index in [4.69, 9.17) is 13.6 Å². The van der Waals surface area contributed by atoms with Gasteiger partial charge in [0.05, 0.1) is 6.61 Å². The zero-order valence-electron chi connectivity index (χ0n) is 16.9.